The van der Waals surface area contributed by atoms with Crippen LogP contribution < -0.4 is 21.3 Å². The molecule has 4 amide bonds. The van der Waals surface area contributed by atoms with Gasteiger partial charge in [0, 0.05) is 54.1 Å². The zero-order valence-corrected chi connectivity index (χ0v) is 58.6. The lowest BCUT2D eigenvalue weighted by molar-refractivity contribution is -0.405. The summed E-state index contributed by atoms with van der Waals surface area (Å²) in [7, 11) is 1.02. The Kier molecular flexibility index (Phi) is 32.0. The molecular weight excluding hydrogens is 1500 g/mol. The van der Waals surface area contributed by atoms with Crippen LogP contribution in [0.2, 0.25) is 0 Å². The maximum Gasteiger partial charge on any atom is 0.364 e. The number of aliphatic hydroxyl groups excluding tert-OH is 21. The quantitative estimate of drug-likeness (QED) is 0.0290. The summed E-state index contributed by atoms with van der Waals surface area (Å²) in [5, 5.41) is 276. The third kappa shape index (κ3) is 19.8. The van der Waals surface area contributed by atoms with Crippen molar-refractivity contribution in [1.29, 1.82) is 0 Å². The minimum atomic E-state index is -3.74. The number of aliphatic carboxylic acids is 3. The van der Waals surface area contributed by atoms with Gasteiger partial charge in [-0.05, 0) is 0 Å². The predicted molar refractivity (Wildman–Crippen MR) is 335 cm³/mol. The molecule has 7 heterocycles. The Labute approximate surface area is 615 Å². The number of hydrogen-bond donors (Lipinski definition) is 28. The van der Waals surface area contributed by atoms with Gasteiger partial charge >= 0.3 is 17.9 Å². The fourth-order valence-corrected chi connectivity index (χ4v) is 13.9. The Hall–Kier alpha value is -5.11. The molecule has 0 spiro atoms. The topological polar surface area (TPSA) is 782 Å². The molecule has 109 heavy (non-hydrogen) atoms. The van der Waals surface area contributed by atoms with E-state index in [1.165, 1.54) is 0 Å². The average molecular weight is 1600 g/mol. The van der Waals surface area contributed by atoms with E-state index in [9.17, 15) is 156 Å². The Balaban J connectivity index is 1.32. The van der Waals surface area contributed by atoms with Crippen LogP contribution in [0, 0.1) is 0 Å². The molecule has 0 bridgehead atoms. The third-order valence-electron chi connectivity index (χ3n) is 19.3. The second-order valence-electron chi connectivity index (χ2n) is 27.0. The highest BCUT2D eigenvalue weighted by Crippen LogP contribution is 2.44. The van der Waals surface area contributed by atoms with Gasteiger partial charge in [0.05, 0.1) is 82.7 Å². The SMILES string of the molecule is CO[C@@H]1OC(CO)[C@H](O[C@@H]2OC(CO)[C@H](O[C@@H]3OC(CO)[C@H](O)[C@H](O[C@@H]4OC(CO)[C@H](O)[C@H](O[C@]5(C(=O)O)C[C@H](O)[C@H](NC(C)=O)C(C(O)C(O)CO)O5)C4O)C3NC(C)=O)[C@H](O[C@]3(C(=O)O)C[C@H](O)[C@@H](NC(C)=O)C(C(O)C(CO)O[C@]4(C(=O)O)C[C@H](O)[C@H](NC(C)=O)C(C(O)C(O)CO)O4)O3)C2O)[C@H](O)C1O. The van der Waals surface area contributed by atoms with Gasteiger partial charge < -0.3 is 210 Å². The average Bonchev–Trinajstić information content (AvgIpc) is 0.744. The number of carboxylic acids is 3. The highest BCUT2D eigenvalue weighted by molar-refractivity contribution is 5.78. The van der Waals surface area contributed by atoms with Gasteiger partial charge in [-0.25, -0.2) is 14.4 Å². The number of aliphatic hydroxyl groups is 21. The van der Waals surface area contributed by atoms with Crippen LogP contribution in [0.15, 0.2) is 0 Å². The molecule has 49 heteroatoms. The second-order valence-corrected chi connectivity index (χ2v) is 27.0. The van der Waals surface area contributed by atoms with Crippen molar-refractivity contribution >= 4 is 41.5 Å². The zero-order chi connectivity index (χ0) is 81.5. The van der Waals surface area contributed by atoms with E-state index in [-0.39, 0.29) is 0 Å². The van der Waals surface area contributed by atoms with Gasteiger partial charge in [0.1, 0.15) is 153 Å². The number of rotatable bonds is 33. The van der Waals surface area contributed by atoms with E-state index in [0.717, 1.165) is 34.8 Å². The van der Waals surface area contributed by atoms with Crippen molar-refractivity contribution in [2.45, 2.75) is 278 Å². The number of ether oxygens (including phenoxy) is 14. The molecule has 17 unspecified atom stereocenters. The summed E-state index contributed by atoms with van der Waals surface area (Å²) in [6.07, 6.45) is -76.4. The monoisotopic (exact) mass is 1590 g/mol. The molecule has 0 saturated carbocycles. The van der Waals surface area contributed by atoms with Crippen LogP contribution in [0.4, 0.5) is 0 Å². The first-order valence-electron chi connectivity index (χ1n) is 33.9. The van der Waals surface area contributed by atoms with Crippen LogP contribution in [-0.2, 0) is 99.9 Å². The number of amides is 4. The first-order valence-corrected chi connectivity index (χ1v) is 33.9. The number of hydrogen-bond acceptors (Lipinski definition) is 42. The summed E-state index contributed by atoms with van der Waals surface area (Å²) in [6, 6.07) is -7.98. The highest BCUT2D eigenvalue weighted by atomic mass is 16.8. The summed E-state index contributed by atoms with van der Waals surface area (Å²) in [4.78, 5) is 91.8. The molecule has 7 rings (SSSR count). The predicted octanol–water partition coefficient (Wildman–Crippen LogP) is -17.4. The van der Waals surface area contributed by atoms with Gasteiger partial charge in [0.25, 0.3) is 17.4 Å². The molecule has 0 aromatic rings. The standard InChI is InChI=1S/C60H98N4O45/c1-16(72)61-30-20(76)6-58(55(90)91,105-46(30)34(81)23(79)9-65)104-27(13-69)38(85)48-32(63-18(3)74)22(78)8-60(107-48,57(94)95)109-50-42(89)54(101-43-28(14-70)99-52(96-5)40(87)39(43)86)100-29(15-71)44(50)102-51-33(64-19(4)75)45(36(83)25(11-67)97-51)103-53-41(88)49(37(84)26(12-68)98-53)108-59(56(92)93)7-21(77)31(62-17(2)73)47(106-59)35(82)24(80)10-66/h20-54,65-71,76-89H,6-15H2,1-5H3,(H,61,72)(H,62,73)(H,63,74)(H,64,75)(H,90,91)(H,92,93)(H,94,95)/t20-,21-,22-,23?,24?,25?,26?,27?,28?,29?,30-,31-,32+,33?,34?,35?,36-,37-,38?,39+,40?,41?,42?,43-,44-,45+,46?,47?,48?,49-,50+,51-,52+,53-,54-,58+,59-,60-/m0/s1. The van der Waals surface area contributed by atoms with Gasteiger partial charge in [-0.1, -0.05) is 0 Å². The van der Waals surface area contributed by atoms with Crippen LogP contribution in [-0.4, -0.2) is 449 Å². The lowest BCUT2D eigenvalue weighted by Gasteiger charge is -2.53. The molecule has 0 aliphatic carbocycles. The molecule has 49 nitrogen and oxygen atoms in total. The summed E-state index contributed by atoms with van der Waals surface area (Å²) < 4.78 is 81.5. The lowest BCUT2D eigenvalue weighted by atomic mass is 9.87. The summed E-state index contributed by atoms with van der Waals surface area (Å²) in [6.45, 7) is -5.73. The maximum absolute atomic E-state index is 14.2. The van der Waals surface area contributed by atoms with Crippen molar-refractivity contribution in [3.05, 3.63) is 0 Å². The second kappa shape index (κ2) is 38.4. The Morgan fingerprint density at radius 2 is 0.725 bits per heavy atom. The van der Waals surface area contributed by atoms with E-state index < -0.39 is 339 Å². The lowest BCUT2D eigenvalue weighted by Crippen LogP contribution is -2.73. The number of methoxy groups -OCH3 is 1. The molecule has 38 atom stereocenters. The fourth-order valence-electron chi connectivity index (χ4n) is 13.9. The van der Waals surface area contributed by atoms with E-state index in [1.54, 1.807) is 0 Å². The highest BCUT2D eigenvalue weighted by Gasteiger charge is 2.66. The summed E-state index contributed by atoms with van der Waals surface area (Å²) in [5.74, 6) is -21.4. The van der Waals surface area contributed by atoms with Crippen LogP contribution in [0.5, 0.6) is 0 Å². The van der Waals surface area contributed by atoms with E-state index >= 15 is 0 Å². The zero-order valence-electron chi connectivity index (χ0n) is 58.6. The molecule has 0 aromatic carbocycles. The number of carbonyl (C=O) groups excluding carboxylic acids is 4. The van der Waals surface area contributed by atoms with Crippen LogP contribution in [0.1, 0.15) is 47.0 Å². The van der Waals surface area contributed by atoms with Crippen molar-refractivity contribution in [1.82, 2.24) is 21.3 Å². The fraction of sp³-hybridized carbons (Fsp3) is 0.883. The number of carboxylic acid groups (broad SMARTS) is 3. The number of carbonyl (C=O) groups is 7. The normalized spacial score (nSPS) is 43.1. The molecule has 0 aromatic heterocycles. The Morgan fingerprint density at radius 3 is 1.13 bits per heavy atom. The Morgan fingerprint density at radius 1 is 0.385 bits per heavy atom. The van der Waals surface area contributed by atoms with E-state index in [4.69, 9.17) is 66.3 Å². The van der Waals surface area contributed by atoms with Gasteiger partial charge in [0.15, 0.2) is 25.2 Å². The van der Waals surface area contributed by atoms with Gasteiger partial charge in [0.2, 0.25) is 23.6 Å². The largest absolute Gasteiger partial charge is 0.477 e. The molecule has 0 radical (unpaired) electrons. The van der Waals surface area contributed by atoms with Crippen LogP contribution >= 0.6 is 0 Å². The van der Waals surface area contributed by atoms with Crippen molar-refractivity contribution in [2.24, 2.45) is 0 Å². The van der Waals surface area contributed by atoms with Crippen LogP contribution in [0.25, 0.3) is 0 Å². The van der Waals surface area contributed by atoms with Crippen molar-refractivity contribution in [2.75, 3.05) is 53.4 Å². The molecule has 7 saturated heterocycles. The van der Waals surface area contributed by atoms with Crippen molar-refractivity contribution in [3.63, 3.8) is 0 Å². The first-order chi connectivity index (χ1) is 51.1. The maximum atomic E-state index is 14.2. The van der Waals surface area contributed by atoms with E-state index in [2.05, 4.69) is 21.3 Å². The molecule has 28 N–H and O–H groups in total. The molecule has 628 valence electrons. The van der Waals surface area contributed by atoms with Crippen molar-refractivity contribution < 1.29 is 222 Å². The first kappa shape index (κ1) is 91.1. The minimum Gasteiger partial charge on any atom is -0.477 e. The third-order valence-corrected chi connectivity index (χ3v) is 19.3. The van der Waals surface area contributed by atoms with E-state index in [1.807, 2.05) is 0 Å². The summed E-state index contributed by atoms with van der Waals surface area (Å²) >= 11 is 0. The Bertz CT molecular complexity index is 3030. The summed E-state index contributed by atoms with van der Waals surface area (Å²) in [5.41, 5.74) is 0. The minimum absolute atomic E-state index is 0.819. The van der Waals surface area contributed by atoms with Gasteiger partial charge in [-0.3, -0.25) is 19.2 Å². The smallest absolute Gasteiger partial charge is 0.364 e. The molecule has 7 fully saturated rings. The molecule has 7 aliphatic rings. The van der Waals surface area contributed by atoms with Gasteiger partial charge in [-0.15, -0.1) is 0 Å². The van der Waals surface area contributed by atoms with Crippen LogP contribution in [0.3, 0.4) is 0 Å². The van der Waals surface area contributed by atoms with Crippen molar-refractivity contribution in [3.8, 4) is 0 Å². The van der Waals surface area contributed by atoms with E-state index in [0.29, 0.717) is 0 Å². The van der Waals surface area contributed by atoms with Gasteiger partial charge in [-0.2, -0.15) is 0 Å². The molecule has 7 aliphatic heterocycles. The number of nitrogens with one attached hydrogen (secondary N) is 4. The molecular formula is C60H98N4O45.